The molecule has 0 aromatic rings. The third-order valence-electron chi connectivity index (χ3n) is 1.83. The van der Waals surface area contributed by atoms with E-state index in [1.807, 2.05) is 24.3 Å². The molecular formula is C10H15NO. The Hall–Kier alpha value is -0.860. The lowest BCUT2D eigenvalue weighted by molar-refractivity contribution is 0.207. The zero-order valence-corrected chi connectivity index (χ0v) is 7.11. The van der Waals surface area contributed by atoms with Crippen LogP contribution in [0.2, 0.25) is 0 Å². The van der Waals surface area contributed by atoms with E-state index in [2.05, 4.69) is 6.08 Å². The standard InChI is InChI=1S/C10H15NO/c11-8-7-10(12)9-5-3-1-2-4-6-9/h1,3-6,10,12H,2,7-8,11H2. The van der Waals surface area contributed by atoms with Crippen molar-refractivity contribution in [1.29, 1.82) is 0 Å². The van der Waals surface area contributed by atoms with Crippen LogP contribution in [0.4, 0.5) is 0 Å². The predicted octanol–water partition coefficient (Wildman–Crippen LogP) is 1.14. The highest BCUT2D eigenvalue weighted by molar-refractivity contribution is 5.30. The molecule has 0 radical (unpaired) electrons. The van der Waals surface area contributed by atoms with E-state index in [1.54, 1.807) is 0 Å². The van der Waals surface area contributed by atoms with Crippen molar-refractivity contribution in [1.82, 2.24) is 0 Å². The van der Waals surface area contributed by atoms with Gasteiger partial charge in [-0.1, -0.05) is 30.4 Å². The van der Waals surface area contributed by atoms with Crippen molar-refractivity contribution in [3.05, 3.63) is 36.0 Å². The number of allylic oxidation sites excluding steroid dienone is 4. The van der Waals surface area contributed by atoms with Crippen molar-refractivity contribution >= 4 is 0 Å². The third kappa shape index (κ3) is 2.64. The average Bonchev–Trinajstić information content (AvgIpc) is 2.32. The van der Waals surface area contributed by atoms with Gasteiger partial charge in [0.15, 0.2) is 0 Å². The number of rotatable bonds is 3. The lowest BCUT2D eigenvalue weighted by Gasteiger charge is -2.08. The first-order chi connectivity index (χ1) is 5.84. The quantitative estimate of drug-likeness (QED) is 0.658. The van der Waals surface area contributed by atoms with Gasteiger partial charge in [0.05, 0.1) is 6.10 Å². The molecule has 0 aromatic heterocycles. The second kappa shape index (κ2) is 4.91. The van der Waals surface area contributed by atoms with E-state index < -0.39 is 6.10 Å². The summed E-state index contributed by atoms with van der Waals surface area (Å²) in [6.07, 6.45) is 11.1. The molecule has 1 unspecified atom stereocenters. The first kappa shape index (κ1) is 9.23. The van der Waals surface area contributed by atoms with E-state index in [9.17, 15) is 5.11 Å². The molecule has 1 atom stereocenters. The van der Waals surface area contributed by atoms with Gasteiger partial charge in [-0.05, 0) is 25.0 Å². The highest BCUT2D eigenvalue weighted by Crippen LogP contribution is 2.11. The number of aliphatic hydroxyl groups is 1. The van der Waals surface area contributed by atoms with Crippen LogP contribution < -0.4 is 5.73 Å². The number of nitrogens with two attached hydrogens (primary N) is 1. The van der Waals surface area contributed by atoms with Gasteiger partial charge in [-0.25, -0.2) is 0 Å². The number of hydrogen-bond donors (Lipinski definition) is 2. The highest BCUT2D eigenvalue weighted by Gasteiger charge is 2.06. The Morgan fingerprint density at radius 2 is 2.33 bits per heavy atom. The Kier molecular flexibility index (Phi) is 3.77. The van der Waals surface area contributed by atoms with Gasteiger partial charge in [0.2, 0.25) is 0 Å². The van der Waals surface area contributed by atoms with E-state index in [-0.39, 0.29) is 0 Å². The highest BCUT2D eigenvalue weighted by atomic mass is 16.3. The molecule has 0 spiro atoms. The van der Waals surface area contributed by atoms with Gasteiger partial charge in [0, 0.05) is 0 Å². The SMILES string of the molecule is NCCC(O)C1=CC=CCC=C1. The molecule has 3 N–H and O–H groups in total. The maximum absolute atomic E-state index is 9.57. The van der Waals surface area contributed by atoms with Crippen molar-refractivity contribution in [2.75, 3.05) is 6.54 Å². The molecule has 66 valence electrons. The summed E-state index contributed by atoms with van der Waals surface area (Å²) in [4.78, 5) is 0. The summed E-state index contributed by atoms with van der Waals surface area (Å²) in [5.74, 6) is 0. The van der Waals surface area contributed by atoms with E-state index in [4.69, 9.17) is 5.73 Å². The minimum Gasteiger partial charge on any atom is -0.388 e. The fourth-order valence-electron chi connectivity index (χ4n) is 1.14. The maximum Gasteiger partial charge on any atom is 0.0802 e. The van der Waals surface area contributed by atoms with Crippen molar-refractivity contribution < 1.29 is 5.11 Å². The van der Waals surface area contributed by atoms with Gasteiger partial charge in [0.25, 0.3) is 0 Å². The van der Waals surface area contributed by atoms with Crippen molar-refractivity contribution in [2.45, 2.75) is 18.9 Å². The molecule has 1 aliphatic rings. The summed E-state index contributed by atoms with van der Waals surface area (Å²) in [6, 6.07) is 0. The number of aliphatic hydroxyl groups excluding tert-OH is 1. The molecule has 0 bridgehead atoms. The van der Waals surface area contributed by atoms with E-state index in [0.29, 0.717) is 13.0 Å². The van der Waals surface area contributed by atoms with Crippen LogP contribution in [-0.4, -0.2) is 17.8 Å². The molecular weight excluding hydrogens is 150 g/mol. The Bertz CT molecular complexity index is 216. The van der Waals surface area contributed by atoms with E-state index in [0.717, 1.165) is 12.0 Å². The molecule has 1 rings (SSSR count). The predicted molar refractivity (Wildman–Crippen MR) is 50.7 cm³/mol. The second-order valence-corrected chi connectivity index (χ2v) is 2.83. The van der Waals surface area contributed by atoms with Gasteiger partial charge < -0.3 is 10.8 Å². The molecule has 0 heterocycles. The maximum atomic E-state index is 9.57. The van der Waals surface area contributed by atoms with Crippen molar-refractivity contribution in [2.24, 2.45) is 5.73 Å². The van der Waals surface area contributed by atoms with E-state index >= 15 is 0 Å². The Labute approximate surface area is 73.1 Å². The largest absolute Gasteiger partial charge is 0.388 e. The summed E-state index contributed by atoms with van der Waals surface area (Å²) in [5.41, 5.74) is 6.30. The first-order valence-corrected chi connectivity index (χ1v) is 4.26. The first-order valence-electron chi connectivity index (χ1n) is 4.26. The summed E-state index contributed by atoms with van der Waals surface area (Å²) >= 11 is 0. The summed E-state index contributed by atoms with van der Waals surface area (Å²) < 4.78 is 0. The van der Waals surface area contributed by atoms with Crippen LogP contribution in [-0.2, 0) is 0 Å². The topological polar surface area (TPSA) is 46.2 Å². The zero-order valence-electron chi connectivity index (χ0n) is 7.11. The summed E-state index contributed by atoms with van der Waals surface area (Å²) in [6.45, 7) is 0.524. The van der Waals surface area contributed by atoms with Gasteiger partial charge in [0.1, 0.15) is 0 Å². The number of hydrogen-bond acceptors (Lipinski definition) is 2. The smallest absolute Gasteiger partial charge is 0.0802 e. The lowest BCUT2D eigenvalue weighted by atomic mass is 10.1. The molecule has 0 fully saturated rings. The third-order valence-corrected chi connectivity index (χ3v) is 1.83. The minimum atomic E-state index is -0.408. The van der Waals surface area contributed by atoms with Gasteiger partial charge in [-0.3, -0.25) is 0 Å². The van der Waals surface area contributed by atoms with E-state index in [1.165, 1.54) is 0 Å². The molecule has 0 amide bonds. The van der Waals surface area contributed by atoms with Gasteiger partial charge in [-0.15, -0.1) is 0 Å². The minimum absolute atomic E-state index is 0.408. The summed E-state index contributed by atoms with van der Waals surface area (Å²) in [7, 11) is 0. The molecule has 0 aromatic carbocycles. The molecule has 0 saturated heterocycles. The molecule has 12 heavy (non-hydrogen) atoms. The van der Waals surface area contributed by atoms with Crippen molar-refractivity contribution in [3.8, 4) is 0 Å². The lowest BCUT2D eigenvalue weighted by Crippen LogP contribution is -2.14. The fraction of sp³-hybridized carbons (Fsp3) is 0.400. The zero-order chi connectivity index (χ0) is 8.81. The molecule has 2 heteroatoms. The van der Waals surface area contributed by atoms with Gasteiger partial charge >= 0.3 is 0 Å². The van der Waals surface area contributed by atoms with Crippen LogP contribution in [0.25, 0.3) is 0 Å². The normalized spacial score (nSPS) is 18.7. The Morgan fingerprint density at radius 1 is 1.50 bits per heavy atom. The average molecular weight is 165 g/mol. The Balaban J connectivity index is 2.59. The fourth-order valence-corrected chi connectivity index (χ4v) is 1.14. The van der Waals surface area contributed by atoms with Crippen LogP contribution in [0, 0.1) is 0 Å². The Morgan fingerprint density at radius 3 is 3.08 bits per heavy atom. The van der Waals surface area contributed by atoms with Crippen molar-refractivity contribution in [3.63, 3.8) is 0 Å². The van der Waals surface area contributed by atoms with Crippen LogP contribution in [0.3, 0.4) is 0 Å². The molecule has 0 saturated carbocycles. The van der Waals surface area contributed by atoms with Crippen LogP contribution in [0.15, 0.2) is 36.0 Å². The van der Waals surface area contributed by atoms with Crippen LogP contribution >= 0.6 is 0 Å². The molecule has 2 nitrogen and oxygen atoms in total. The van der Waals surface area contributed by atoms with Crippen LogP contribution in [0.1, 0.15) is 12.8 Å². The van der Waals surface area contributed by atoms with Crippen LogP contribution in [0.5, 0.6) is 0 Å². The monoisotopic (exact) mass is 165 g/mol. The van der Waals surface area contributed by atoms with Gasteiger partial charge in [-0.2, -0.15) is 0 Å². The molecule has 0 aliphatic heterocycles. The molecule has 1 aliphatic carbocycles. The summed E-state index contributed by atoms with van der Waals surface area (Å²) in [5, 5.41) is 9.57. The second-order valence-electron chi connectivity index (χ2n) is 2.83.